The molecule has 0 amide bonds. The van der Waals surface area contributed by atoms with Gasteiger partial charge in [0.25, 0.3) is 0 Å². The Kier molecular flexibility index (Phi) is 4.22. The van der Waals surface area contributed by atoms with Crippen LogP contribution >= 0.6 is 15.9 Å². The highest BCUT2D eigenvalue weighted by atomic mass is 79.9. The molecule has 0 spiro atoms. The molecule has 3 nitrogen and oxygen atoms in total. The normalized spacial score (nSPS) is 23.5. The number of likely N-dealkylation sites (N-methyl/N-ethyl adjacent to an activating group) is 1. The van der Waals surface area contributed by atoms with Crippen LogP contribution in [-0.4, -0.2) is 48.1 Å². The van der Waals surface area contributed by atoms with Gasteiger partial charge >= 0.3 is 0 Å². The van der Waals surface area contributed by atoms with Crippen LogP contribution in [0, 0.1) is 0 Å². The van der Waals surface area contributed by atoms with E-state index in [1.807, 2.05) is 25.1 Å². The summed E-state index contributed by atoms with van der Waals surface area (Å²) in [6.07, 6.45) is 2.24. The Morgan fingerprint density at radius 3 is 2.48 bits per heavy atom. The van der Waals surface area contributed by atoms with Crippen molar-refractivity contribution in [3.05, 3.63) is 69.2 Å². The van der Waals surface area contributed by atoms with Gasteiger partial charge in [-0.1, -0.05) is 46.3 Å². The molecule has 1 saturated heterocycles. The van der Waals surface area contributed by atoms with Crippen molar-refractivity contribution in [2.24, 2.45) is 0 Å². The molecule has 1 unspecified atom stereocenters. The fraction of sp³-hybridized carbons (Fsp3) is 0.333. The van der Waals surface area contributed by atoms with E-state index in [1.165, 1.54) is 5.70 Å². The lowest BCUT2D eigenvalue weighted by Crippen LogP contribution is -2.43. The fourth-order valence-electron chi connectivity index (χ4n) is 3.89. The number of benzene rings is 2. The monoisotopic (exact) mass is 398 g/mol. The molecule has 2 aromatic rings. The molecule has 0 saturated carbocycles. The summed E-state index contributed by atoms with van der Waals surface area (Å²) >= 11 is 3.58. The SMILES string of the molecule is CN1CCN(C2=Cc3ccccc3C(C)(O)c3cc(Br)ccc32)CC1. The molecule has 0 bridgehead atoms. The molecule has 2 aliphatic rings. The predicted molar refractivity (Wildman–Crippen MR) is 106 cm³/mol. The first kappa shape index (κ1) is 16.8. The largest absolute Gasteiger partial charge is 0.381 e. The van der Waals surface area contributed by atoms with Gasteiger partial charge in [-0.25, -0.2) is 0 Å². The van der Waals surface area contributed by atoms with E-state index in [9.17, 15) is 5.11 Å². The molecular weight excluding hydrogens is 376 g/mol. The summed E-state index contributed by atoms with van der Waals surface area (Å²) in [6, 6.07) is 14.4. The zero-order valence-corrected chi connectivity index (χ0v) is 16.3. The number of fused-ring (bicyclic) bond motifs is 2. The Morgan fingerprint density at radius 1 is 1.00 bits per heavy atom. The van der Waals surface area contributed by atoms with Crippen molar-refractivity contribution in [1.29, 1.82) is 0 Å². The van der Waals surface area contributed by atoms with E-state index in [0.29, 0.717) is 0 Å². The van der Waals surface area contributed by atoms with Crippen molar-refractivity contribution >= 4 is 27.7 Å². The fourth-order valence-corrected chi connectivity index (χ4v) is 4.25. The van der Waals surface area contributed by atoms with Crippen LogP contribution in [0.25, 0.3) is 11.8 Å². The quantitative estimate of drug-likeness (QED) is 0.791. The molecule has 25 heavy (non-hydrogen) atoms. The number of piperazine rings is 1. The number of hydrogen-bond acceptors (Lipinski definition) is 3. The summed E-state index contributed by atoms with van der Waals surface area (Å²) in [6.45, 7) is 6.02. The Balaban J connectivity index is 1.93. The minimum absolute atomic E-state index is 0.956. The number of nitrogens with zero attached hydrogens (tertiary/aromatic N) is 2. The van der Waals surface area contributed by atoms with Crippen LogP contribution in [0.5, 0.6) is 0 Å². The van der Waals surface area contributed by atoms with Crippen LogP contribution in [0.1, 0.15) is 29.2 Å². The highest BCUT2D eigenvalue weighted by Gasteiger charge is 2.34. The summed E-state index contributed by atoms with van der Waals surface area (Å²) in [5.74, 6) is 0. The Morgan fingerprint density at radius 2 is 1.72 bits per heavy atom. The standard InChI is InChI=1S/C21H23BrN2O/c1-21(25)18-6-4-3-5-15(18)13-20(24-11-9-23(2)10-12-24)17-8-7-16(22)14-19(17)21/h3-8,13-14,25H,9-12H2,1-2H3. The highest BCUT2D eigenvalue weighted by Crippen LogP contribution is 2.42. The van der Waals surface area contributed by atoms with Gasteiger partial charge in [-0.3, -0.25) is 0 Å². The third-order valence-electron chi connectivity index (χ3n) is 5.40. The highest BCUT2D eigenvalue weighted by molar-refractivity contribution is 9.10. The van der Waals surface area contributed by atoms with E-state index >= 15 is 0 Å². The third-order valence-corrected chi connectivity index (χ3v) is 5.90. The molecule has 1 N–H and O–H groups in total. The topological polar surface area (TPSA) is 26.7 Å². The molecule has 2 aromatic carbocycles. The summed E-state index contributed by atoms with van der Waals surface area (Å²) in [4.78, 5) is 4.81. The number of aliphatic hydroxyl groups is 1. The maximum atomic E-state index is 11.5. The number of rotatable bonds is 1. The average Bonchev–Trinajstić information content (AvgIpc) is 2.69. The van der Waals surface area contributed by atoms with Crippen LogP contribution in [-0.2, 0) is 5.60 Å². The lowest BCUT2D eigenvalue weighted by molar-refractivity contribution is 0.102. The predicted octanol–water partition coefficient (Wildman–Crippen LogP) is 3.76. The maximum Gasteiger partial charge on any atom is 0.113 e. The van der Waals surface area contributed by atoms with Gasteiger partial charge in [-0.2, -0.15) is 0 Å². The second-order valence-electron chi connectivity index (χ2n) is 7.17. The molecule has 1 fully saturated rings. The zero-order chi connectivity index (χ0) is 17.6. The first-order valence-electron chi connectivity index (χ1n) is 8.74. The van der Waals surface area contributed by atoms with Crippen LogP contribution < -0.4 is 0 Å². The summed E-state index contributed by atoms with van der Waals surface area (Å²) in [5, 5.41) is 11.5. The van der Waals surface area contributed by atoms with Crippen molar-refractivity contribution < 1.29 is 5.11 Å². The van der Waals surface area contributed by atoms with Crippen molar-refractivity contribution in [1.82, 2.24) is 9.80 Å². The molecule has 1 aliphatic heterocycles. The molecule has 4 rings (SSSR count). The average molecular weight is 399 g/mol. The minimum atomic E-state index is -1.03. The van der Waals surface area contributed by atoms with E-state index in [2.05, 4.69) is 63.1 Å². The zero-order valence-electron chi connectivity index (χ0n) is 14.7. The van der Waals surface area contributed by atoms with Gasteiger partial charge in [0.2, 0.25) is 0 Å². The maximum absolute atomic E-state index is 11.5. The lowest BCUT2D eigenvalue weighted by atomic mass is 9.84. The van der Waals surface area contributed by atoms with Gasteiger partial charge < -0.3 is 14.9 Å². The Hall–Kier alpha value is -1.62. The van der Waals surface area contributed by atoms with Gasteiger partial charge in [0, 0.05) is 41.9 Å². The van der Waals surface area contributed by atoms with Crippen molar-refractivity contribution in [3.8, 4) is 0 Å². The second-order valence-corrected chi connectivity index (χ2v) is 8.08. The first-order valence-corrected chi connectivity index (χ1v) is 9.53. The first-order chi connectivity index (χ1) is 12.0. The molecule has 0 radical (unpaired) electrons. The molecule has 1 aliphatic carbocycles. The van der Waals surface area contributed by atoms with Gasteiger partial charge in [-0.15, -0.1) is 0 Å². The second kappa shape index (κ2) is 6.27. The van der Waals surface area contributed by atoms with Gasteiger partial charge in [0.15, 0.2) is 0 Å². The van der Waals surface area contributed by atoms with Crippen LogP contribution in [0.4, 0.5) is 0 Å². The molecule has 1 heterocycles. The molecule has 4 heteroatoms. The molecular formula is C21H23BrN2O. The lowest BCUT2D eigenvalue weighted by Gasteiger charge is -2.36. The number of halogens is 1. The summed E-state index contributed by atoms with van der Waals surface area (Å²) in [5.41, 5.74) is 4.31. The van der Waals surface area contributed by atoms with Crippen LogP contribution in [0.15, 0.2) is 46.9 Å². The van der Waals surface area contributed by atoms with E-state index < -0.39 is 5.60 Å². The van der Waals surface area contributed by atoms with Crippen molar-refractivity contribution in [2.75, 3.05) is 33.2 Å². The molecule has 130 valence electrons. The van der Waals surface area contributed by atoms with Gasteiger partial charge in [0.05, 0.1) is 0 Å². The van der Waals surface area contributed by atoms with Crippen molar-refractivity contribution in [2.45, 2.75) is 12.5 Å². The summed E-state index contributed by atoms with van der Waals surface area (Å²) in [7, 11) is 2.17. The van der Waals surface area contributed by atoms with Crippen LogP contribution in [0.2, 0.25) is 0 Å². The Labute approximate surface area is 157 Å². The summed E-state index contributed by atoms with van der Waals surface area (Å²) < 4.78 is 0.989. The van der Waals surface area contributed by atoms with Crippen molar-refractivity contribution in [3.63, 3.8) is 0 Å². The Bertz CT molecular complexity index is 836. The minimum Gasteiger partial charge on any atom is -0.381 e. The van der Waals surface area contributed by atoms with Gasteiger partial charge in [0.1, 0.15) is 5.60 Å². The smallest absolute Gasteiger partial charge is 0.113 e. The van der Waals surface area contributed by atoms with E-state index in [4.69, 9.17) is 0 Å². The third kappa shape index (κ3) is 2.92. The van der Waals surface area contributed by atoms with E-state index in [1.54, 1.807) is 0 Å². The molecule has 1 atom stereocenters. The van der Waals surface area contributed by atoms with Crippen LogP contribution in [0.3, 0.4) is 0 Å². The number of hydrogen-bond donors (Lipinski definition) is 1. The van der Waals surface area contributed by atoms with Gasteiger partial charge in [-0.05, 0) is 48.9 Å². The molecule has 0 aromatic heterocycles. The van der Waals surface area contributed by atoms with E-state index in [-0.39, 0.29) is 0 Å². The van der Waals surface area contributed by atoms with E-state index in [0.717, 1.165) is 52.9 Å².